The van der Waals surface area contributed by atoms with E-state index in [-0.39, 0.29) is 0 Å². The molecule has 4 nitrogen and oxygen atoms in total. The molecule has 3 N–H and O–H groups in total. The second-order valence-corrected chi connectivity index (χ2v) is 4.04. The second kappa shape index (κ2) is 4.46. The number of nitrogens with two attached hydrogens (primary N) is 1. The summed E-state index contributed by atoms with van der Waals surface area (Å²) in [6.45, 7) is 5.13. The Hall–Kier alpha value is -0.770. The number of guanidine groups is 1. The van der Waals surface area contributed by atoms with E-state index in [2.05, 4.69) is 29.2 Å². The van der Waals surface area contributed by atoms with Crippen molar-refractivity contribution in [2.45, 2.75) is 32.7 Å². The van der Waals surface area contributed by atoms with E-state index in [1.54, 1.807) is 0 Å². The number of aliphatic imine (C=N–C) groups is 1. The van der Waals surface area contributed by atoms with E-state index in [4.69, 9.17) is 5.84 Å². The monoisotopic (exact) mass is 184 g/mol. The topological polar surface area (TPSA) is 53.6 Å². The predicted octanol–water partition coefficient (Wildman–Crippen LogP) is 0.556. The molecule has 0 bridgehead atoms. The lowest BCUT2D eigenvalue weighted by atomic mass is 10.2. The summed E-state index contributed by atoms with van der Waals surface area (Å²) in [6, 6.07) is 0.655. The van der Waals surface area contributed by atoms with Gasteiger partial charge in [-0.15, -0.1) is 0 Å². The molecule has 0 spiro atoms. The maximum absolute atomic E-state index is 5.40. The molecule has 1 saturated carbocycles. The maximum Gasteiger partial charge on any atom is 0.208 e. The van der Waals surface area contributed by atoms with E-state index in [1.165, 1.54) is 12.8 Å². The van der Waals surface area contributed by atoms with Gasteiger partial charge in [0.05, 0.1) is 0 Å². The van der Waals surface area contributed by atoms with Crippen LogP contribution in [0, 0.1) is 5.92 Å². The van der Waals surface area contributed by atoms with Crippen molar-refractivity contribution in [2.24, 2.45) is 16.8 Å². The average Bonchev–Trinajstić information content (AvgIpc) is 2.86. The first-order chi connectivity index (χ1) is 6.15. The van der Waals surface area contributed by atoms with Crippen LogP contribution in [0.15, 0.2) is 4.99 Å². The van der Waals surface area contributed by atoms with Crippen molar-refractivity contribution in [3.05, 3.63) is 0 Å². The Morgan fingerprint density at radius 2 is 2.23 bits per heavy atom. The average molecular weight is 184 g/mol. The largest absolute Gasteiger partial charge is 0.342 e. The van der Waals surface area contributed by atoms with Gasteiger partial charge in [-0.1, -0.05) is 13.8 Å². The third-order valence-corrected chi connectivity index (χ3v) is 2.16. The van der Waals surface area contributed by atoms with Crippen LogP contribution in [0.2, 0.25) is 0 Å². The van der Waals surface area contributed by atoms with Gasteiger partial charge in [0, 0.05) is 19.6 Å². The maximum atomic E-state index is 5.40. The van der Waals surface area contributed by atoms with Gasteiger partial charge in [-0.2, -0.15) is 0 Å². The molecular weight excluding hydrogens is 164 g/mol. The van der Waals surface area contributed by atoms with Crippen molar-refractivity contribution in [3.8, 4) is 0 Å². The molecule has 76 valence electrons. The lowest BCUT2D eigenvalue weighted by Gasteiger charge is -2.20. The van der Waals surface area contributed by atoms with Crippen molar-refractivity contribution in [1.29, 1.82) is 0 Å². The van der Waals surface area contributed by atoms with Crippen LogP contribution in [0.5, 0.6) is 0 Å². The highest BCUT2D eigenvalue weighted by Gasteiger charge is 2.28. The normalized spacial score (nSPS) is 17.8. The molecular formula is C9H20N4. The van der Waals surface area contributed by atoms with Crippen molar-refractivity contribution >= 4 is 5.96 Å². The van der Waals surface area contributed by atoms with E-state index < -0.39 is 0 Å². The number of rotatable bonds is 3. The summed E-state index contributed by atoms with van der Waals surface area (Å²) in [6.07, 6.45) is 2.53. The van der Waals surface area contributed by atoms with Gasteiger partial charge in [0.15, 0.2) is 0 Å². The first-order valence-electron chi connectivity index (χ1n) is 4.89. The minimum absolute atomic E-state index is 0.580. The molecule has 0 aromatic heterocycles. The first-order valence-corrected chi connectivity index (χ1v) is 4.89. The van der Waals surface area contributed by atoms with E-state index >= 15 is 0 Å². The van der Waals surface area contributed by atoms with Crippen LogP contribution < -0.4 is 11.3 Å². The van der Waals surface area contributed by atoms with Crippen LogP contribution in [0.4, 0.5) is 0 Å². The summed E-state index contributed by atoms with van der Waals surface area (Å²) in [7, 11) is 2.04. The van der Waals surface area contributed by atoms with Gasteiger partial charge in [0.25, 0.3) is 0 Å². The van der Waals surface area contributed by atoms with Crippen molar-refractivity contribution in [2.75, 3.05) is 13.6 Å². The highest BCUT2D eigenvalue weighted by molar-refractivity contribution is 5.79. The Morgan fingerprint density at radius 3 is 2.62 bits per heavy atom. The summed E-state index contributed by atoms with van der Waals surface area (Å²) in [5.41, 5.74) is 2.65. The highest BCUT2D eigenvalue weighted by Crippen LogP contribution is 2.25. The highest BCUT2D eigenvalue weighted by atomic mass is 15.4. The molecule has 0 aliphatic heterocycles. The molecule has 0 unspecified atom stereocenters. The fourth-order valence-corrected chi connectivity index (χ4v) is 1.16. The first kappa shape index (κ1) is 10.3. The van der Waals surface area contributed by atoms with Crippen molar-refractivity contribution < 1.29 is 0 Å². The predicted molar refractivity (Wildman–Crippen MR) is 55.2 cm³/mol. The lowest BCUT2D eigenvalue weighted by Crippen LogP contribution is -2.44. The molecule has 0 saturated heterocycles. The number of nitrogens with one attached hydrogen (secondary N) is 1. The van der Waals surface area contributed by atoms with E-state index in [0.29, 0.717) is 12.0 Å². The van der Waals surface area contributed by atoms with Gasteiger partial charge >= 0.3 is 0 Å². The molecule has 13 heavy (non-hydrogen) atoms. The minimum atomic E-state index is 0.580. The quantitative estimate of drug-likeness (QED) is 0.291. The summed E-state index contributed by atoms with van der Waals surface area (Å²) in [5, 5.41) is 0. The zero-order valence-electron chi connectivity index (χ0n) is 8.75. The number of hydrogen-bond acceptors (Lipinski definition) is 2. The van der Waals surface area contributed by atoms with E-state index in [0.717, 1.165) is 12.5 Å². The van der Waals surface area contributed by atoms with Gasteiger partial charge in [-0.05, 0) is 18.8 Å². The van der Waals surface area contributed by atoms with Crippen LogP contribution in [0.1, 0.15) is 26.7 Å². The standard InChI is InChI=1S/C9H20N4/c1-7(2)6-11-9(12-10)13(3)8-4-5-8/h7-8H,4-6,10H2,1-3H3,(H,11,12). The van der Waals surface area contributed by atoms with Crippen LogP contribution >= 0.6 is 0 Å². The molecule has 1 aliphatic rings. The molecule has 0 aromatic rings. The fraction of sp³-hybridized carbons (Fsp3) is 0.889. The van der Waals surface area contributed by atoms with Gasteiger partial charge in [-0.25, -0.2) is 5.84 Å². The van der Waals surface area contributed by atoms with Crippen LogP contribution in [0.25, 0.3) is 0 Å². The van der Waals surface area contributed by atoms with Crippen LogP contribution in [0.3, 0.4) is 0 Å². The van der Waals surface area contributed by atoms with Crippen molar-refractivity contribution in [1.82, 2.24) is 10.3 Å². The van der Waals surface area contributed by atoms with Crippen LogP contribution in [-0.2, 0) is 0 Å². The molecule has 1 rings (SSSR count). The van der Waals surface area contributed by atoms with Crippen molar-refractivity contribution in [3.63, 3.8) is 0 Å². The minimum Gasteiger partial charge on any atom is -0.342 e. The molecule has 0 aromatic carbocycles. The zero-order valence-corrected chi connectivity index (χ0v) is 8.75. The molecule has 0 atom stereocenters. The number of hydrogen-bond donors (Lipinski definition) is 2. The van der Waals surface area contributed by atoms with E-state index in [1.807, 2.05) is 7.05 Å². The lowest BCUT2D eigenvalue weighted by molar-refractivity contribution is 0.470. The molecule has 4 heteroatoms. The third kappa shape index (κ3) is 3.22. The van der Waals surface area contributed by atoms with Gasteiger partial charge < -0.3 is 4.90 Å². The van der Waals surface area contributed by atoms with Gasteiger partial charge in [0.1, 0.15) is 0 Å². The fourth-order valence-electron chi connectivity index (χ4n) is 1.16. The summed E-state index contributed by atoms with van der Waals surface area (Å²) in [4.78, 5) is 6.54. The Bertz CT molecular complexity index is 184. The Morgan fingerprint density at radius 1 is 1.62 bits per heavy atom. The molecule has 0 amide bonds. The smallest absolute Gasteiger partial charge is 0.208 e. The molecule has 1 aliphatic carbocycles. The summed E-state index contributed by atoms with van der Waals surface area (Å²) < 4.78 is 0. The SMILES string of the molecule is CC(C)CN=C(NN)N(C)C1CC1. The zero-order chi connectivity index (χ0) is 9.84. The Balaban J connectivity index is 2.44. The van der Waals surface area contributed by atoms with Gasteiger partial charge in [0.2, 0.25) is 5.96 Å². The summed E-state index contributed by atoms with van der Waals surface area (Å²) >= 11 is 0. The van der Waals surface area contributed by atoms with Crippen LogP contribution in [-0.4, -0.2) is 30.5 Å². The molecule has 0 heterocycles. The molecule has 1 fully saturated rings. The Kier molecular flexibility index (Phi) is 3.54. The van der Waals surface area contributed by atoms with Gasteiger partial charge in [-0.3, -0.25) is 10.4 Å². The van der Waals surface area contributed by atoms with E-state index in [9.17, 15) is 0 Å². The summed E-state index contributed by atoms with van der Waals surface area (Å²) in [5.74, 6) is 6.80. The second-order valence-electron chi connectivity index (χ2n) is 4.04. The number of nitrogens with zero attached hydrogens (tertiary/aromatic N) is 2. The Labute approximate surface area is 80.2 Å². The molecule has 0 radical (unpaired) electrons. The third-order valence-electron chi connectivity index (χ3n) is 2.16. The number of hydrazine groups is 1.